The van der Waals surface area contributed by atoms with Crippen molar-refractivity contribution in [3.8, 4) is 5.75 Å². The summed E-state index contributed by atoms with van der Waals surface area (Å²) in [7, 11) is 0. The maximum atomic E-state index is 13.2. The SMILES string of the molecule is CC(c1nc2c(cnn2C2CCOCC2)c(=O)[nH]1)N1CC(Oc2ccc(F)cc2Cl)C1. The van der Waals surface area contributed by atoms with Crippen molar-refractivity contribution < 1.29 is 13.9 Å². The number of aromatic nitrogens is 4. The van der Waals surface area contributed by atoms with Gasteiger partial charge in [-0.15, -0.1) is 0 Å². The van der Waals surface area contributed by atoms with E-state index in [9.17, 15) is 9.18 Å². The second-order valence-electron chi connectivity index (χ2n) is 8.07. The van der Waals surface area contributed by atoms with Gasteiger partial charge in [-0.05, 0) is 38.0 Å². The monoisotopic (exact) mass is 447 g/mol. The van der Waals surface area contributed by atoms with Crippen molar-refractivity contribution in [1.82, 2.24) is 24.6 Å². The molecule has 2 fully saturated rings. The van der Waals surface area contributed by atoms with Crippen LogP contribution in [-0.2, 0) is 4.74 Å². The first-order chi connectivity index (χ1) is 15.0. The van der Waals surface area contributed by atoms with Crippen molar-refractivity contribution >= 4 is 22.6 Å². The van der Waals surface area contributed by atoms with Crippen molar-refractivity contribution in [1.29, 1.82) is 0 Å². The normalized spacial score (nSPS) is 19.5. The number of H-pyrrole nitrogens is 1. The van der Waals surface area contributed by atoms with Crippen LogP contribution in [0.25, 0.3) is 11.0 Å². The molecule has 0 bridgehead atoms. The molecule has 2 aliphatic rings. The third-order valence-electron chi connectivity index (χ3n) is 6.03. The van der Waals surface area contributed by atoms with Crippen LogP contribution < -0.4 is 10.3 Å². The highest BCUT2D eigenvalue weighted by atomic mass is 35.5. The number of likely N-dealkylation sites (tertiary alicyclic amines) is 1. The largest absolute Gasteiger partial charge is 0.486 e. The standard InChI is InChI=1S/C21H23ClFN5O3/c1-12(27-10-15(11-27)31-18-3-2-13(23)8-17(18)22)19-25-20-16(21(29)26-19)9-24-28(20)14-4-6-30-7-5-14/h2-3,8-9,12,14-15H,4-7,10-11H2,1H3,(H,25,26,29). The third-order valence-corrected chi connectivity index (χ3v) is 6.32. The van der Waals surface area contributed by atoms with Gasteiger partial charge in [0.05, 0.1) is 23.3 Å². The highest BCUT2D eigenvalue weighted by Gasteiger charge is 2.34. The zero-order valence-corrected chi connectivity index (χ0v) is 17.8. The second kappa shape index (κ2) is 8.22. The molecule has 8 nitrogen and oxygen atoms in total. The Morgan fingerprint density at radius 3 is 2.84 bits per heavy atom. The lowest BCUT2D eigenvalue weighted by Crippen LogP contribution is -2.54. The Balaban J connectivity index is 1.31. The van der Waals surface area contributed by atoms with E-state index >= 15 is 0 Å². The van der Waals surface area contributed by atoms with Gasteiger partial charge in [0.2, 0.25) is 0 Å². The van der Waals surface area contributed by atoms with Gasteiger partial charge in [0.25, 0.3) is 5.56 Å². The first-order valence-corrected chi connectivity index (χ1v) is 10.8. The minimum atomic E-state index is -0.397. The van der Waals surface area contributed by atoms with Gasteiger partial charge in [-0.2, -0.15) is 5.10 Å². The minimum Gasteiger partial charge on any atom is -0.486 e. The van der Waals surface area contributed by atoms with E-state index in [2.05, 4.69) is 15.0 Å². The van der Waals surface area contributed by atoms with Crippen LogP contribution in [0, 0.1) is 5.82 Å². The molecule has 1 aromatic carbocycles. The number of nitrogens with one attached hydrogen (secondary N) is 1. The van der Waals surface area contributed by atoms with Crippen LogP contribution in [0.1, 0.15) is 37.7 Å². The van der Waals surface area contributed by atoms with E-state index < -0.39 is 5.82 Å². The highest BCUT2D eigenvalue weighted by Crippen LogP contribution is 2.31. The lowest BCUT2D eigenvalue weighted by Gasteiger charge is -2.42. The molecule has 5 rings (SSSR count). The maximum Gasteiger partial charge on any atom is 0.262 e. The Bertz CT molecular complexity index is 1150. The van der Waals surface area contributed by atoms with E-state index in [1.165, 1.54) is 18.2 Å². The minimum absolute atomic E-state index is 0.0615. The maximum absolute atomic E-state index is 13.2. The predicted molar refractivity (Wildman–Crippen MR) is 113 cm³/mol. The van der Waals surface area contributed by atoms with E-state index in [0.717, 1.165) is 12.8 Å². The summed E-state index contributed by atoms with van der Waals surface area (Å²) >= 11 is 6.05. The zero-order chi connectivity index (χ0) is 21.5. The molecule has 0 radical (unpaired) electrons. The van der Waals surface area contributed by atoms with E-state index in [0.29, 0.717) is 48.9 Å². The third kappa shape index (κ3) is 3.93. The molecule has 3 aromatic rings. The van der Waals surface area contributed by atoms with Gasteiger partial charge in [-0.1, -0.05) is 11.6 Å². The van der Waals surface area contributed by atoms with Gasteiger partial charge in [-0.25, -0.2) is 14.1 Å². The Labute approximate surface area is 182 Å². The molecule has 2 saturated heterocycles. The molecule has 0 aliphatic carbocycles. The molecule has 1 N–H and O–H groups in total. The summed E-state index contributed by atoms with van der Waals surface area (Å²) in [4.78, 5) is 22.5. The fraction of sp³-hybridized carbons (Fsp3) is 0.476. The van der Waals surface area contributed by atoms with Crippen LogP contribution in [-0.4, -0.2) is 57.1 Å². The number of rotatable bonds is 5. The molecule has 2 aliphatic heterocycles. The van der Waals surface area contributed by atoms with E-state index in [-0.39, 0.29) is 28.8 Å². The van der Waals surface area contributed by atoms with E-state index in [1.807, 2.05) is 11.6 Å². The van der Waals surface area contributed by atoms with E-state index in [1.54, 1.807) is 6.20 Å². The van der Waals surface area contributed by atoms with Crippen LogP contribution in [0.4, 0.5) is 4.39 Å². The number of aromatic amines is 1. The number of hydrogen-bond acceptors (Lipinski definition) is 6. The number of benzene rings is 1. The molecule has 4 heterocycles. The second-order valence-corrected chi connectivity index (χ2v) is 8.47. The van der Waals surface area contributed by atoms with E-state index in [4.69, 9.17) is 26.1 Å². The van der Waals surface area contributed by atoms with Gasteiger partial charge in [0.1, 0.15) is 28.9 Å². The molecular weight excluding hydrogens is 425 g/mol. The molecule has 0 amide bonds. The smallest absolute Gasteiger partial charge is 0.262 e. The Hall–Kier alpha value is -2.49. The first kappa shape index (κ1) is 20.4. The van der Waals surface area contributed by atoms with Crippen LogP contribution in [0.5, 0.6) is 5.75 Å². The fourth-order valence-corrected chi connectivity index (χ4v) is 4.34. The Morgan fingerprint density at radius 2 is 2.10 bits per heavy atom. The molecule has 0 spiro atoms. The summed E-state index contributed by atoms with van der Waals surface area (Å²) in [5.41, 5.74) is 0.431. The van der Waals surface area contributed by atoms with Gasteiger partial charge in [0, 0.05) is 26.3 Å². The van der Waals surface area contributed by atoms with Crippen LogP contribution in [0.3, 0.4) is 0 Å². The van der Waals surface area contributed by atoms with Crippen molar-refractivity contribution in [2.45, 2.75) is 38.0 Å². The lowest BCUT2D eigenvalue weighted by atomic mass is 10.1. The predicted octanol–water partition coefficient (Wildman–Crippen LogP) is 3.09. The van der Waals surface area contributed by atoms with Crippen molar-refractivity contribution in [3.05, 3.63) is 51.4 Å². The highest BCUT2D eigenvalue weighted by molar-refractivity contribution is 6.32. The van der Waals surface area contributed by atoms with Crippen LogP contribution in [0.2, 0.25) is 5.02 Å². The van der Waals surface area contributed by atoms with Gasteiger partial charge in [0.15, 0.2) is 5.65 Å². The molecule has 1 atom stereocenters. The van der Waals surface area contributed by atoms with Gasteiger partial charge >= 0.3 is 0 Å². The number of ether oxygens (including phenoxy) is 2. The molecule has 2 aromatic heterocycles. The number of nitrogens with zero attached hydrogens (tertiary/aromatic N) is 4. The van der Waals surface area contributed by atoms with Crippen molar-refractivity contribution in [3.63, 3.8) is 0 Å². The summed E-state index contributed by atoms with van der Waals surface area (Å²) in [6.07, 6.45) is 3.24. The average Bonchev–Trinajstić information content (AvgIpc) is 3.16. The molecular formula is C21H23ClFN5O3. The summed E-state index contributed by atoms with van der Waals surface area (Å²) in [6.45, 7) is 4.67. The number of halogens is 2. The molecule has 10 heteroatoms. The van der Waals surface area contributed by atoms with Crippen molar-refractivity contribution in [2.75, 3.05) is 26.3 Å². The number of hydrogen-bond donors (Lipinski definition) is 1. The zero-order valence-electron chi connectivity index (χ0n) is 17.1. The average molecular weight is 448 g/mol. The van der Waals surface area contributed by atoms with Crippen molar-refractivity contribution in [2.24, 2.45) is 0 Å². The van der Waals surface area contributed by atoms with Crippen LogP contribution >= 0.6 is 11.6 Å². The first-order valence-electron chi connectivity index (χ1n) is 10.4. The fourth-order valence-electron chi connectivity index (χ4n) is 4.13. The van der Waals surface area contributed by atoms with Gasteiger partial charge in [-0.3, -0.25) is 9.69 Å². The molecule has 0 saturated carbocycles. The quantitative estimate of drug-likeness (QED) is 0.647. The lowest BCUT2D eigenvalue weighted by molar-refractivity contribution is -0.00734. The molecule has 164 valence electrons. The summed E-state index contributed by atoms with van der Waals surface area (Å²) in [5, 5.41) is 5.19. The van der Waals surface area contributed by atoms with Crippen LogP contribution in [0.15, 0.2) is 29.2 Å². The number of fused-ring (bicyclic) bond motifs is 1. The summed E-state index contributed by atoms with van der Waals surface area (Å²) < 4.78 is 26.4. The summed E-state index contributed by atoms with van der Waals surface area (Å²) in [5.74, 6) is 0.671. The van der Waals surface area contributed by atoms with Gasteiger partial charge < -0.3 is 14.5 Å². The Kier molecular flexibility index (Phi) is 5.41. The molecule has 31 heavy (non-hydrogen) atoms. The summed E-state index contributed by atoms with van der Waals surface area (Å²) in [6, 6.07) is 4.19. The Morgan fingerprint density at radius 1 is 1.32 bits per heavy atom. The topological polar surface area (TPSA) is 85.3 Å². The molecule has 1 unspecified atom stereocenters.